The lowest BCUT2D eigenvalue weighted by Gasteiger charge is -2.02. The Morgan fingerprint density at radius 2 is 1.89 bits per heavy atom. The molecule has 18 heavy (non-hydrogen) atoms. The highest BCUT2D eigenvalue weighted by Crippen LogP contribution is 2.25. The number of H-pyrrole nitrogens is 1. The highest BCUT2D eigenvalue weighted by Gasteiger charge is 2.14. The minimum absolute atomic E-state index is 0.156. The monoisotopic (exact) mass is 244 g/mol. The summed E-state index contributed by atoms with van der Waals surface area (Å²) in [5.74, 6) is -1.39. The van der Waals surface area contributed by atoms with E-state index in [1.807, 2.05) is 24.3 Å². The Bertz CT molecular complexity index is 699. The maximum absolute atomic E-state index is 13.8. The molecule has 1 N–H and O–H groups in total. The van der Waals surface area contributed by atoms with E-state index in [1.165, 1.54) is 6.07 Å². The molecule has 0 aliphatic heterocycles. The van der Waals surface area contributed by atoms with Crippen molar-refractivity contribution in [2.45, 2.75) is 6.92 Å². The van der Waals surface area contributed by atoms with Crippen LogP contribution in [0.25, 0.3) is 22.4 Å². The van der Waals surface area contributed by atoms with Crippen LogP contribution in [0.4, 0.5) is 8.78 Å². The lowest BCUT2D eigenvalue weighted by atomic mass is 10.1. The van der Waals surface area contributed by atoms with Crippen LogP contribution in [-0.4, -0.2) is 9.97 Å². The van der Waals surface area contributed by atoms with E-state index < -0.39 is 11.6 Å². The summed E-state index contributed by atoms with van der Waals surface area (Å²) in [7, 11) is 0. The van der Waals surface area contributed by atoms with Crippen molar-refractivity contribution in [3.8, 4) is 11.4 Å². The van der Waals surface area contributed by atoms with Crippen LogP contribution < -0.4 is 0 Å². The number of hydrogen-bond donors (Lipinski definition) is 1. The van der Waals surface area contributed by atoms with Crippen LogP contribution in [0.2, 0.25) is 0 Å². The molecule has 3 rings (SSSR count). The van der Waals surface area contributed by atoms with E-state index in [1.54, 1.807) is 13.0 Å². The van der Waals surface area contributed by atoms with E-state index in [-0.39, 0.29) is 5.56 Å². The van der Waals surface area contributed by atoms with Gasteiger partial charge < -0.3 is 4.98 Å². The molecule has 0 radical (unpaired) electrons. The van der Waals surface area contributed by atoms with Gasteiger partial charge in [0.1, 0.15) is 5.82 Å². The van der Waals surface area contributed by atoms with Gasteiger partial charge >= 0.3 is 0 Å². The van der Waals surface area contributed by atoms with E-state index in [9.17, 15) is 8.78 Å². The summed E-state index contributed by atoms with van der Waals surface area (Å²) in [6, 6.07) is 10.1. The van der Waals surface area contributed by atoms with Crippen LogP contribution in [0.3, 0.4) is 0 Å². The van der Waals surface area contributed by atoms with Gasteiger partial charge in [0.15, 0.2) is 11.6 Å². The van der Waals surface area contributed by atoms with E-state index in [0.29, 0.717) is 11.4 Å². The summed E-state index contributed by atoms with van der Waals surface area (Å²) in [4.78, 5) is 7.25. The van der Waals surface area contributed by atoms with Gasteiger partial charge in [-0.25, -0.2) is 13.8 Å². The number of aromatic nitrogens is 2. The first-order valence-corrected chi connectivity index (χ1v) is 5.56. The average Bonchev–Trinajstić information content (AvgIpc) is 2.77. The highest BCUT2D eigenvalue weighted by molar-refractivity contribution is 5.79. The van der Waals surface area contributed by atoms with E-state index in [4.69, 9.17) is 0 Å². The predicted octanol–water partition coefficient (Wildman–Crippen LogP) is 3.82. The fourth-order valence-electron chi connectivity index (χ4n) is 1.98. The van der Waals surface area contributed by atoms with Gasteiger partial charge in [0.05, 0.1) is 16.6 Å². The molecule has 0 unspecified atom stereocenters. The van der Waals surface area contributed by atoms with Crippen LogP contribution in [0.1, 0.15) is 5.56 Å². The van der Waals surface area contributed by atoms with E-state index >= 15 is 0 Å². The number of para-hydroxylation sites is 2. The molecule has 0 aliphatic carbocycles. The number of rotatable bonds is 1. The maximum Gasteiger partial charge on any atom is 0.169 e. The third kappa shape index (κ3) is 1.66. The molecule has 3 aromatic rings. The smallest absolute Gasteiger partial charge is 0.169 e. The number of imidazole rings is 1. The molecular weight excluding hydrogens is 234 g/mol. The second kappa shape index (κ2) is 3.91. The van der Waals surface area contributed by atoms with Gasteiger partial charge in [-0.3, -0.25) is 0 Å². The van der Waals surface area contributed by atoms with Crippen LogP contribution in [-0.2, 0) is 0 Å². The molecule has 0 amide bonds. The molecule has 0 fully saturated rings. The fourth-order valence-corrected chi connectivity index (χ4v) is 1.98. The van der Waals surface area contributed by atoms with Crippen molar-refractivity contribution in [1.29, 1.82) is 0 Å². The van der Waals surface area contributed by atoms with Gasteiger partial charge in [-0.15, -0.1) is 0 Å². The molecular formula is C14H10F2N2. The molecule has 1 aromatic heterocycles. The second-order valence-corrected chi connectivity index (χ2v) is 4.21. The number of hydrogen-bond acceptors (Lipinski definition) is 1. The lowest BCUT2D eigenvalue weighted by Crippen LogP contribution is -1.92. The molecule has 90 valence electrons. The summed E-state index contributed by atoms with van der Waals surface area (Å²) in [5.41, 5.74) is 2.34. The van der Waals surface area contributed by atoms with Crippen LogP contribution >= 0.6 is 0 Å². The van der Waals surface area contributed by atoms with Crippen molar-refractivity contribution in [2.24, 2.45) is 0 Å². The first-order chi connectivity index (χ1) is 8.65. The predicted molar refractivity (Wildman–Crippen MR) is 66.2 cm³/mol. The molecule has 0 saturated carbocycles. The summed E-state index contributed by atoms with van der Waals surface area (Å²) in [6.45, 7) is 1.72. The Labute approximate surface area is 102 Å². The van der Waals surface area contributed by atoms with Gasteiger partial charge in [-0.2, -0.15) is 0 Å². The SMILES string of the molecule is Cc1cc(F)c(F)c(-c2nc3ccccc3[nH]2)c1. The van der Waals surface area contributed by atoms with Crippen molar-refractivity contribution in [2.75, 3.05) is 0 Å². The van der Waals surface area contributed by atoms with Gasteiger partial charge in [-0.1, -0.05) is 12.1 Å². The Balaban J connectivity index is 2.26. The zero-order valence-electron chi connectivity index (χ0n) is 9.67. The van der Waals surface area contributed by atoms with Crippen LogP contribution in [0, 0.1) is 18.6 Å². The minimum atomic E-state index is -0.875. The number of benzene rings is 2. The Morgan fingerprint density at radius 3 is 2.67 bits per heavy atom. The molecule has 0 saturated heterocycles. The van der Waals surface area contributed by atoms with Gasteiger partial charge in [0.25, 0.3) is 0 Å². The molecule has 2 aromatic carbocycles. The largest absolute Gasteiger partial charge is 0.338 e. The summed E-state index contributed by atoms with van der Waals surface area (Å²) < 4.78 is 27.1. The normalized spacial score (nSPS) is 11.1. The third-order valence-electron chi connectivity index (χ3n) is 2.82. The topological polar surface area (TPSA) is 28.7 Å². The molecule has 2 nitrogen and oxygen atoms in total. The first kappa shape index (κ1) is 10.9. The molecule has 0 aliphatic rings. The highest BCUT2D eigenvalue weighted by atomic mass is 19.2. The zero-order chi connectivity index (χ0) is 12.7. The average molecular weight is 244 g/mol. The number of fused-ring (bicyclic) bond motifs is 1. The quantitative estimate of drug-likeness (QED) is 0.692. The van der Waals surface area contributed by atoms with E-state index in [2.05, 4.69) is 9.97 Å². The van der Waals surface area contributed by atoms with Crippen molar-refractivity contribution < 1.29 is 8.78 Å². The summed E-state index contributed by atoms with van der Waals surface area (Å²) in [5, 5.41) is 0. The van der Waals surface area contributed by atoms with Crippen LogP contribution in [0.5, 0.6) is 0 Å². The molecule has 0 atom stereocenters. The Morgan fingerprint density at radius 1 is 1.11 bits per heavy atom. The second-order valence-electron chi connectivity index (χ2n) is 4.21. The van der Waals surface area contributed by atoms with Crippen molar-refractivity contribution in [1.82, 2.24) is 9.97 Å². The molecule has 0 bridgehead atoms. The maximum atomic E-state index is 13.8. The molecule has 0 spiro atoms. The number of nitrogens with one attached hydrogen (secondary N) is 1. The summed E-state index contributed by atoms with van der Waals surface area (Å²) >= 11 is 0. The van der Waals surface area contributed by atoms with Crippen molar-refractivity contribution in [3.05, 3.63) is 53.6 Å². The summed E-state index contributed by atoms with van der Waals surface area (Å²) in [6.07, 6.45) is 0. The zero-order valence-corrected chi connectivity index (χ0v) is 9.67. The molecule has 4 heteroatoms. The Kier molecular flexibility index (Phi) is 2.37. The third-order valence-corrected chi connectivity index (χ3v) is 2.82. The number of nitrogens with zero attached hydrogens (tertiary/aromatic N) is 1. The van der Waals surface area contributed by atoms with Gasteiger partial charge in [0.2, 0.25) is 0 Å². The first-order valence-electron chi connectivity index (χ1n) is 5.56. The lowest BCUT2D eigenvalue weighted by molar-refractivity contribution is 0.510. The fraction of sp³-hybridized carbons (Fsp3) is 0.0714. The van der Waals surface area contributed by atoms with Crippen molar-refractivity contribution >= 4 is 11.0 Å². The van der Waals surface area contributed by atoms with Crippen molar-refractivity contribution in [3.63, 3.8) is 0 Å². The molecule has 1 heterocycles. The van der Waals surface area contributed by atoms with Gasteiger partial charge in [-0.05, 0) is 36.8 Å². The number of aromatic amines is 1. The van der Waals surface area contributed by atoms with Crippen LogP contribution in [0.15, 0.2) is 36.4 Å². The number of aryl methyl sites for hydroxylation is 1. The Hall–Kier alpha value is -2.23. The minimum Gasteiger partial charge on any atom is -0.338 e. The number of halogens is 2. The van der Waals surface area contributed by atoms with E-state index in [0.717, 1.165) is 11.0 Å². The standard InChI is InChI=1S/C14H10F2N2/c1-8-6-9(13(16)10(15)7-8)14-17-11-4-2-3-5-12(11)18-14/h2-7H,1H3,(H,17,18). The van der Waals surface area contributed by atoms with Gasteiger partial charge in [0, 0.05) is 0 Å².